The molecule has 0 amide bonds. The molecule has 1 fully saturated rings. The first-order valence-corrected chi connectivity index (χ1v) is 6.32. The minimum absolute atomic E-state index is 0.730. The monoisotopic (exact) mass is 266 g/mol. The Kier molecular flexibility index (Phi) is 5.97. The molecular weight excluding hydrogens is 253 g/mol. The van der Waals surface area contributed by atoms with Gasteiger partial charge in [-0.3, -0.25) is 4.55 Å². The molecule has 0 unspecified atom stereocenters. The molecule has 0 spiro atoms. The number of alkyl halides is 3. The Hall–Kier alpha value is 0.0500. The van der Waals surface area contributed by atoms with Crippen LogP contribution in [-0.2, 0) is 10.1 Å². The van der Waals surface area contributed by atoms with Crippen molar-refractivity contribution in [2.45, 2.75) is 42.9 Å². The van der Waals surface area contributed by atoms with Gasteiger partial charge in [0, 0.05) is 5.25 Å². The van der Waals surface area contributed by atoms with Gasteiger partial charge in [0.15, 0.2) is 0 Å². The van der Waals surface area contributed by atoms with Crippen molar-refractivity contribution in [1.82, 2.24) is 0 Å². The maximum Gasteiger partial charge on any atom is 0.522 e. The Morgan fingerprint density at radius 2 is 1.47 bits per heavy atom. The van der Waals surface area contributed by atoms with E-state index in [0.29, 0.717) is 0 Å². The average molecular weight is 266 g/mol. The van der Waals surface area contributed by atoms with E-state index in [0.717, 1.165) is 5.25 Å². The molecule has 3 nitrogen and oxygen atoms in total. The standard InChI is InChI=1S/C6H12S.CHF3O3S/c7-6-4-2-1-3-5-6;2-1(3,4)8(5,6)7/h6-7H,1-5H2;(H,5,6,7). The van der Waals surface area contributed by atoms with Gasteiger partial charge in [0.25, 0.3) is 0 Å². The zero-order valence-corrected chi connectivity index (χ0v) is 9.58. The summed E-state index contributed by atoms with van der Waals surface area (Å²) in [6, 6.07) is 0. The van der Waals surface area contributed by atoms with Crippen molar-refractivity contribution < 1.29 is 26.1 Å². The molecule has 1 N–H and O–H groups in total. The lowest BCUT2D eigenvalue weighted by Crippen LogP contribution is -2.21. The third-order valence-electron chi connectivity index (χ3n) is 1.87. The van der Waals surface area contributed by atoms with Crippen molar-refractivity contribution in [3.05, 3.63) is 0 Å². The lowest BCUT2D eigenvalue weighted by Gasteiger charge is -2.14. The Balaban J connectivity index is 0.000000262. The molecular formula is C7H13F3O3S2. The fourth-order valence-electron chi connectivity index (χ4n) is 1.08. The number of thiol groups is 1. The van der Waals surface area contributed by atoms with Crippen molar-refractivity contribution in [3.63, 3.8) is 0 Å². The molecule has 0 aliphatic heterocycles. The lowest BCUT2D eigenvalue weighted by atomic mass is 10.0. The molecule has 0 atom stereocenters. The quantitative estimate of drug-likeness (QED) is 0.402. The van der Waals surface area contributed by atoms with E-state index in [9.17, 15) is 13.2 Å². The van der Waals surface area contributed by atoms with Crippen molar-refractivity contribution in [2.75, 3.05) is 0 Å². The zero-order chi connectivity index (χ0) is 12.1. The van der Waals surface area contributed by atoms with Crippen LogP contribution in [0.15, 0.2) is 0 Å². The fourth-order valence-corrected chi connectivity index (χ4v) is 1.45. The van der Waals surface area contributed by atoms with Gasteiger partial charge in [-0.1, -0.05) is 19.3 Å². The second-order valence-electron chi connectivity index (χ2n) is 3.21. The molecule has 0 aromatic rings. The van der Waals surface area contributed by atoms with Crippen LogP contribution in [0, 0.1) is 0 Å². The van der Waals surface area contributed by atoms with E-state index in [-0.39, 0.29) is 0 Å². The summed E-state index contributed by atoms with van der Waals surface area (Å²) in [6.45, 7) is 0. The molecule has 0 bridgehead atoms. The van der Waals surface area contributed by atoms with Crippen LogP contribution < -0.4 is 0 Å². The van der Waals surface area contributed by atoms with Crippen molar-refractivity contribution >= 4 is 22.7 Å². The summed E-state index contributed by atoms with van der Waals surface area (Å²) < 4.78 is 57.5. The van der Waals surface area contributed by atoms with Gasteiger partial charge in [0.2, 0.25) is 0 Å². The minimum atomic E-state index is -5.84. The Labute approximate surface area is 92.2 Å². The minimum Gasteiger partial charge on any atom is -0.279 e. The first-order chi connectivity index (χ1) is 6.64. The topological polar surface area (TPSA) is 54.4 Å². The predicted molar refractivity (Wildman–Crippen MR) is 53.5 cm³/mol. The summed E-state index contributed by atoms with van der Waals surface area (Å²) in [5.41, 5.74) is -5.53. The summed E-state index contributed by atoms with van der Waals surface area (Å²) in [6.07, 6.45) is 6.96. The molecule has 0 saturated heterocycles. The molecule has 0 aromatic carbocycles. The first kappa shape index (κ1) is 15.0. The molecule has 1 aliphatic rings. The van der Waals surface area contributed by atoms with Crippen LogP contribution in [0.4, 0.5) is 13.2 Å². The van der Waals surface area contributed by atoms with Crippen LogP contribution in [0.25, 0.3) is 0 Å². The lowest BCUT2D eigenvalue weighted by molar-refractivity contribution is -0.0510. The Bertz CT molecular complexity index is 268. The highest BCUT2D eigenvalue weighted by molar-refractivity contribution is 7.86. The number of hydrogen-bond acceptors (Lipinski definition) is 3. The van der Waals surface area contributed by atoms with Crippen molar-refractivity contribution in [3.8, 4) is 0 Å². The zero-order valence-electron chi connectivity index (χ0n) is 7.87. The van der Waals surface area contributed by atoms with Gasteiger partial charge in [0.05, 0.1) is 0 Å². The van der Waals surface area contributed by atoms with Gasteiger partial charge >= 0.3 is 15.6 Å². The van der Waals surface area contributed by atoms with Crippen LogP contribution in [0.3, 0.4) is 0 Å². The smallest absolute Gasteiger partial charge is 0.279 e. The number of rotatable bonds is 0. The van der Waals surface area contributed by atoms with Gasteiger partial charge in [-0.2, -0.15) is 34.2 Å². The van der Waals surface area contributed by atoms with E-state index in [1.165, 1.54) is 32.1 Å². The second kappa shape index (κ2) is 5.95. The third kappa shape index (κ3) is 7.02. The van der Waals surface area contributed by atoms with Crippen LogP contribution in [0.1, 0.15) is 32.1 Å². The van der Waals surface area contributed by atoms with E-state index in [4.69, 9.17) is 13.0 Å². The summed E-state index contributed by atoms with van der Waals surface area (Å²) in [5, 5.41) is 0.730. The number of halogens is 3. The van der Waals surface area contributed by atoms with E-state index < -0.39 is 15.6 Å². The predicted octanol–water partition coefficient (Wildman–Crippen LogP) is 2.64. The van der Waals surface area contributed by atoms with Crippen molar-refractivity contribution in [1.29, 1.82) is 0 Å². The molecule has 1 aliphatic carbocycles. The largest absolute Gasteiger partial charge is 0.522 e. The van der Waals surface area contributed by atoms with E-state index in [1.807, 2.05) is 0 Å². The summed E-state index contributed by atoms with van der Waals surface area (Å²) in [5.74, 6) is 0. The van der Waals surface area contributed by atoms with Crippen LogP contribution in [0.2, 0.25) is 0 Å². The fraction of sp³-hybridized carbons (Fsp3) is 1.00. The van der Waals surface area contributed by atoms with E-state index >= 15 is 0 Å². The molecule has 0 radical (unpaired) electrons. The highest BCUT2D eigenvalue weighted by atomic mass is 32.2. The molecule has 0 aromatic heterocycles. The number of hydrogen-bond donors (Lipinski definition) is 2. The molecule has 15 heavy (non-hydrogen) atoms. The van der Waals surface area contributed by atoms with Crippen LogP contribution >= 0.6 is 12.6 Å². The molecule has 8 heteroatoms. The molecule has 0 heterocycles. The maximum atomic E-state index is 10.7. The third-order valence-corrected chi connectivity index (χ3v) is 2.97. The summed E-state index contributed by atoms with van der Waals surface area (Å²) >= 11 is 4.36. The highest BCUT2D eigenvalue weighted by Gasteiger charge is 2.44. The van der Waals surface area contributed by atoms with Crippen molar-refractivity contribution in [2.24, 2.45) is 0 Å². The van der Waals surface area contributed by atoms with Crippen LogP contribution in [0.5, 0.6) is 0 Å². The second-order valence-corrected chi connectivity index (χ2v) is 5.36. The molecule has 1 saturated carbocycles. The Morgan fingerprint density at radius 1 is 1.13 bits per heavy atom. The normalized spacial score (nSPS) is 19.3. The van der Waals surface area contributed by atoms with Gasteiger partial charge in [-0.05, 0) is 12.8 Å². The molecule has 92 valence electrons. The van der Waals surface area contributed by atoms with E-state index in [1.54, 1.807) is 0 Å². The average Bonchev–Trinajstić information content (AvgIpc) is 2.02. The Morgan fingerprint density at radius 3 is 1.60 bits per heavy atom. The van der Waals surface area contributed by atoms with Gasteiger partial charge in [-0.25, -0.2) is 0 Å². The van der Waals surface area contributed by atoms with Crippen LogP contribution in [-0.4, -0.2) is 23.7 Å². The van der Waals surface area contributed by atoms with Gasteiger partial charge in [-0.15, -0.1) is 0 Å². The van der Waals surface area contributed by atoms with Gasteiger partial charge in [0.1, 0.15) is 0 Å². The first-order valence-electron chi connectivity index (χ1n) is 4.36. The summed E-state index contributed by atoms with van der Waals surface area (Å²) in [4.78, 5) is 0. The van der Waals surface area contributed by atoms with E-state index in [2.05, 4.69) is 12.6 Å². The molecule has 1 rings (SSSR count). The highest BCUT2D eigenvalue weighted by Crippen LogP contribution is 2.21. The SMILES string of the molecule is O=S(=O)(O)C(F)(F)F.SC1CCCCC1. The van der Waals surface area contributed by atoms with Gasteiger partial charge < -0.3 is 0 Å². The maximum absolute atomic E-state index is 10.7. The summed E-state index contributed by atoms with van der Waals surface area (Å²) in [7, 11) is -5.84.